The van der Waals surface area contributed by atoms with Crippen molar-refractivity contribution in [3.8, 4) is 5.75 Å². The van der Waals surface area contributed by atoms with Crippen LogP contribution in [0.4, 0.5) is 0 Å². The molecule has 1 aromatic carbocycles. The minimum atomic E-state index is 0.486. The molecule has 1 saturated carbocycles. The van der Waals surface area contributed by atoms with Crippen molar-refractivity contribution >= 4 is 0 Å². The normalized spacial score (nSPS) is 20.6. The SMILES string of the molecule is CC(C)COc1ccc(Cn2nc(C3CCCCN3C)cc2CC2CC2)cc1. The van der Waals surface area contributed by atoms with Crippen LogP contribution >= 0.6 is 0 Å². The molecule has 1 atom stereocenters. The minimum Gasteiger partial charge on any atom is -0.493 e. The molecule has 1 aliphatic heterocycles. The molecule has 0 bridgehead atoms. The van der Waals surface area contributed by atoms with Gasteiger partial charge >= 0.3 is 0 Å². The molecule has 2 heterocycles. The first-order valence-electron chi connectivity index (χ1n) is 11.1. The number of nitrogens with zero attached hydrogens (tertiary/aromatic N) is 3. The van der Waals surface area contributed by atoms with Crippen molar-refractivity contribution in [2.75, 3.05) is 20.2 Å². The molecule has 4 nitrogen and oxygen atoms in total. The Morgan fingerprint density at radius 3 is 2.57 bits per heavy atom. The number of hydrogen-bond donors (Lipinski definition) is 0. The van der Waals surface area contributed by atoms with Gasteiger partial charge in [-0.15, -0.1) is 0 Å². The molecule has 1 aliphatic carbocycles. The molecular formula is C24H35N3O. The van der Waals surface area contributed by atoms with E-state index in [9.17, 15) is 0 Å². The zero-order chi connectivity index (χ0) is 19.5. The van der Waals surface area contributed by atoms with Gasteiger partial charge in [-0.05, 0) is 81.3 Å². The van der Waals surface area contributed by atoms with E-state index in [-0.39, 0.29) is 0 Å². The van der Waals surface area contributed by atoms with E-state index in [1.165, 1.54) is 62.0 Å². The van der Waals surface area contributed by atoms with Gasteiger partial charge in [-0.25, -0.2) is 0 Å². The smallest absolute Gasteiger partial charge is 0.119 e. The van der Waals surface area contributed by atoms with Crippen molar-refractivity contribution in [2.24, 2.45) is 11.8 Å². The Morgan fingerprint density at radius 1 is 1.11 bits per heavy atom. The summed E-state index contributed by atoms with van der Waals surface area (Å²) >= 11 is 0. The first kappa shape index (κ1) is 19.5. The molecule has 2 fully saturated rings. The molecule has 2 aromatic rings. The lowest BCUT2D eigenvalue weighted by molar-refractivity contribution is 0.183. The third kappa shape index (κ3) is 4.96. The Bertz CT molecular complexity index is 761. The highest BCUT2D eigenvalue weighted by molar-refractivity contribution is 5.28. The van der Waals surface area contributed by atoms with Crippen molar-refractivity contribution in [2.45, 2.75) is 65.0 Å². The van der Waals surface area contributed by atoms with E-state index in [0.29, 0.717) is 12.0 Å². The number of rotatable bonds is 8. The summed E-state index contributed by atoms with van der Waals surface area (Å²) in [5.41, 5.74) is 3.98. The average Bonchev–Trinajstić information content (AvgIpc) is 3.42. The van der Waals surface area contributed by atoms with Gasteiger partial charge < -0.3 is 4.74 Å². The molecular weight excluding hydrogens is 346 g/mol. The fourth-order valence-electron chi connectivity index (χ4n) is 4.14. The van der Waals surface area contributed by atoms with Crippen molar-refractivity contribution in [3.63, 3.8) is 0 Å². The molecule has 152 valence electrons. The maximum atomic E-state index is 5.82. The van der Waals surface area contributed by atoms with Gasteiger partial charge in [-0.3, -0.25) is 9.58 Å². The lowest BCUT2D eigenvalue weighted by Crippen LogP contribution is -2.29. The average molecular weight is 382 g/mol. The second-order valence-electron chi connectivity index (χ2n) is 9.21. The van der Waals surface area contributed by atoms with Crippen LogP contribution in [0.1, 0.15) is 68.9 Å². The van der Waals surface area contributed by atoms with Crippen LogP contribution in [0, 0.1) is 11.8 Å². The zero-order valence-corrected chi connectivity index (χ0v) is 17.7. The largest absolute Gasteiger partial charge is 0.493 e. The summed E-state index contributed by atoms with van der Waals surface area (Å²) in [6.07, 6.45) is 7.81. The predicted octanol–water partition coefficient (Wildman–Crippen LogP) is 5.08. The predicted molar refractivity (Wildman–Crippen MR) is 114 cm³/mol. The first-order chi connectivity index (χ1) is 13.6. The van der Waals surface area contributed by atoms with Crippen LogP contribution in [0.25, 0.3) is 0 Å². The van der Waals surface area contributed by atoms with Crippen molar-refractivity contribution in [1.29, 1.82) is 0 Å². The number of likely N-dealkylation sites (tertiary alicyclic amines) is 1. The van der Waals surface area contributed by atoms with E-state index in [1.54, 1.807) is 0 Å². The topological polar surface area (TPSA) is 30.3 Å². The van der Waals surface area contributed by atoms with Crippen LogP contribution in [-0.4, -0.2) is 34.9 Å². The Labute approximate surface area is 169 Å². The summed E-state index contributed by atoms with van der Waals surface area (Å²) in [6.45, 7) is 7.15. The third-order valence-electron chi connectivity index (χ3n) is 6.03. The quantitative estimate of drug-likeness (QED) is 0.639. The highest BCUT2D eigenvalue weighted by Crippen LogP contribution is 2.35. The number of piperidine rings is 1. The van der Waals surface area contributed by atoms with Crippen molar-refractivity contribution in [1.82, 2.24) is 14.7 Å². The lowest BCUT2D eigenvalue weighted by Gasteiger charge is -2.31. The van der Waals surface area contributed by atoms with Gasteiger partial charge in [0.2, 0.25) is 0 Å². The number of hydrogen-bond acceptors (Lipinski definition) is 3. The fraction of sp³-hybridized carbons (Fsp3) is 0.625. The Balaban J connectivity index is 1.49. The molecule has 0 radical (unpaired) electrons. The Morgan fingerprint density at radius 2 is 1.89 bits per heavy atom. The third-order valence-corrected chi connectivity index (χ3v) is 6.03. The van der Waals surface area contributed by atoms with E-state index >= 15 is 0 Å². The van der Waals surface area contributed by atoms with Gasteiger partial charge in [-0.2, -0.15) is 5.10 Å². The van der Waals surface area contributed by atoms with Crippen LogP contribution in [0.2, 0.25) is 0 Å². The highest BCUT2D eigenvalue weighted by Gasteiger charge is 2.27. The summed E-state index contributed by atoms with van der Waals surface area (Å²) in [5, 5.41) is 5.09. The van der Waals surface area contributed by atoms with Crippen LogP contribution in [0.3, 0.4) is 0 Å². The van der Waals surface area contributed by atoms with E-state index in [0.717, 1.165) is 24.8 Å². The molecule has 1 saturated heterocycles. The van der Waals surface area contributed by atoms with Gasteiger partial charge in [0.05, 0.1) is 24.9 Å². The van der Waals surface area contributed by atoms with Gasteiger partial charge in [0.1, 0.15) is 5.75 Å². The maximum Gasteiger partial charge on any atom is 0.119 e. The Kier molecular flexibility index (Phi) is 6.05. The highest BCUT2D eigenvalue weighted by atomic mass is 16.5. The monoisotopic (exact) mass is 381 g/mol. The zero-order valence-electron chi connectivity index (χ0n) is 17.7. The summed E-state index contributed by atoms with van der Waals surface area (Å²) < 4.78 is 8.09. The summed E-state index contributed by atoms with van der Waals surface area (Å²) in [6, 6.07) is 11.4. The van der Waals surface area contributed by atoms with Crippen molar-refractivity contribution in [3.05, 3.63) is 47.3 Å². The van der Waals surface area contributed by atoms with Gasteiger partial charge in [0.25, 0.3) is 0 Å². The summed E-state index contributed by atoms with van der Waals surface area (Å²) in [5.74, 6) is 2.38. The van der Waals surface area contributed by atoms with Gasteiger partial charge in [0.15, 0.2) is 0 Å². The van der Waals surface area contributed by atoms with Crippen LogP contribution in [0.15, 0.2) is 30.3 Å². The molecule has 28 heavy (non-hydrogen) atoms. The molecule has 4 heteroatoms. The summed E-state index contributed by atoms with van der Waals surface area (Å²) in [4.78, 5) is 2.48. The first-order valence-corrected chi connectivity index (χ1v) is 11.1. The van der Waals surface area contributed by atoms with Crippen molar-refractivity contribution < 1.29 is 4.74 Å². The molecule has 0 spiro atoms. The molecule has 4 rings (SSSR count). The second kappa shape index (κ2) is 8.69. The lowest BCUT2D eigenvalue weighted by atomic mass is 10.00. The Hall–Kier alpha value is -1.81. The van der Waals surface area contributed by atoms with Gasteiger partial charge in [-0.1, -0.05) is 32.4 Å². The fourth-order valence-corrected chi connectivity index (χ4v) is 4.14. The summed E-state index contributed by atoms with van der Waals surface area (Å²) in [7, 11) is 2.25. The van der Waals surface area contributed by atoms with E-state index < -0.39 is 0 Å². The minimum absolute atomic E-state index is 0.486. The maximum absolute atomic E-state index is 5.82. The number of benzene rings is 1. The van der Waals surface area contributed by atoms with Gasteiger partial charge in [0, 0.05) is 5.69 Å². The van der Waals surface area contributed by atoms with E-state index in [1.807, 2.05) is 0 Å². The van der Waals surface area contributed by atoms with Crippen LogP contribution in [0.5, 0.6) is 5.75 Å². The van der Waals surface area contributed by atoms with E-state index in [4.69, 9.17) is 9.84 Å². The second-order valence-corrected chi connectivity index (χ2v) is 9.21. The molecule has 0 N–H and O–H groups in total. The molecule has 2 aliphatic rings. The number of ether oxygens (including phenoxy) is 1. The van der Waals surface area contributed by atoms with E-state index in [2.05, 4.69) is 60.8 Å². The van der Waals surface area contributed by atoms with Crippen LogP contribution in [-0.2, 0) is 13.0 Å². The molecule has 1 unspecified atom stereocenters. The molecule has 0 amide bonds. The number of aromatic nitrogens is 2. The molecule has 1 aromatic heterocycles. The standard InChI is InChI=1S/C24H35N3O/c1-18(2)17-28-22-11-9-20(10-12-22)16-27-21(14-19-7-8-19)15-23(25-27)24-6-4-5-13-26(24)3/h9-12,15,18-19,24H,4-8,13-14,16-17H2,1-3H3. The van der Waals surface area contributed by atoms with Crippen LogP contribution < -0.4 is 4.74 Å².